The minimum atomic E-state index is 0.249. The molecular weight excluding hydrogens is 284 g/mol. The van der Waals surface area contributed by atoms with Gasteiger partial charge in [0.2, 0.25) is 0 Å². The van der Waals surface area contributed by atoms with Gasteiger partial charge in [0, 0.05) is 19.0 Å². The first-order valence-electron chi connectivity index (χ1n) is 8.34. The lowest BCUT2D eigenvalue weighted by atomic mass is 9.88. The molecule has 1 heterocycles. The average Bonchev–Trinajstić information content (AvgIpc) is 2.75. The van der Waals surface area contributed by atoms with E-state index >= 15 is 0 Å². The van der Waals surface area contributed by atoms with Gasteiger partial charge < -0.3 is 9.80 Å². The van der Waals surface area contributed by atoms with Crippen LogP contribution in [0.4, 0.5) is 0 Å². The number of nitrogens with one attached hydrogen (secondary N) is 1. The molecule has 0 saturated heterocycles. The zero-order valence-electron chi connectivity index (χ0n) is 14.0. The minimum absolute atomic E-state index is 0.249. The van der Waals surface area contributed by atoms with Gasteiger partial charge in [-0.3, -0.25) is 4.79 Å². The summed E-state index contributed by atoms with van der Waals surface area (Å²) in [6, 6.07) is 19.2. The van der Waals surface area contributed by atoms with Crippen LogP contribution in [0.3, 0.4) is 0 Å². The van der Waals surface area contributed by atoms with E-state index in [1.165, 1.54) is 21.6 Å². The zero-order chi connectivity index (χ0) is 16.2. The Labute approximate surface area is 138 Å². The van der Waals surface area contributed by atoms with Crippen molar-refractivity contribution in [3.63, 3.8) is 0 Å². The van der Waals surface area contributed by atoms with Gasteiger partial charge in [-0.2, -0.15) is 0 Å². The highest BCUT2D eigenvalue weighted by Crippen LogP contribution is 2.31. The number of nitrogens with zero attached hydrogens (tertiary/aromatic N) is 1. The summed E-state index contributed by atoms with van der Waals surface area (Å²) in [4.78, 5) is 15.8. The van der Waals surface area contributed by atoms with E-state index in [1.807, 2.05) is 25.1 Å². The molecule has 2 aromatic carbocycles. The number of amides is 1. The Kier molecular flexibility index (Phi) is 4.77. The van der Waals surface area contributed by atoms with Crippen LogP contribution in [0.1, 0.15) is 22.6 Å². The van der Waals surface area contributed by atoms with E-state index in [4.69, 9.17) is 0 Å². The summed E-state index contributed by atoms with van der Waals surface area (Å²) in [6.07, 6.45) is 0.939. The Balaban J connectivity index is 1.94. The van der Waals surface area contributed by atoms with Gasteiger partial charge >= 0.3 is 0 Å². The summed E-state index contributed by atoms with van der Waals surface area (Å²) >= 11 is 0. The third kappa shape index (κ3) is 3.62. The predicted octanol–water partition coefficient (Wildman–Crippen LogP) is 1.35. The molecule has 1 aliphatic rings. The predicted molar refractivity (Wildman–Crippen MR) is 92.7 cm³/mol. The maximum Gasteiger partial charge on any atom is 0.277 e. The molecule has 1 amide bonds. The number of carbonyl (C=O) groups is 1. The lowest BCUT2D eigenvalue weighted by Gasteiger charge is -2.26. The molecule has 0 spiro atoms. The van der Waals surface area contributed by atoms with E-state index < -0.39 is 0 Å². The molecule has 0 saturated carbocycles. The van der Waals surface area contributed by atoms with Crippen LogP contribution in [-0.4, -0.2) is 44.5 Å². The summed E-state index contributed by atoms with van der Waals surface area (Å²) in [6.45, 7) is 2.14. The maximum absolute atomic E-state index is 12.6. The van der Waals surface area contributed by atoms with Gasteiger partial charge in [0.1, 0.15) is 0 Å². The Morgan fingerprint density at radius 2 is 1.78 bits per heavy atom. The number of hydrogen-bond acceptors (Lipinski definition) is 1. The summed E-state index contributed by atoms with van der Waals surface area (Å²) in [5.74, 6) is 0.509. The van der Waals surface area contributed by atoms with Gasteiger partial charge in [0.15, 0.2) is 6.54 Å². The van der Waals surface area contributed by atoms with Crippen molar-refractivity contribution in [1.29, 1.82) is 0 Å². The minimum Gasteiger partial charge on any atom is -0.337 e. The van der Waals surface area contributed by atoms with Crippen molar-refractivity contribution in [1.82, 2.24) is 4.90 Å². The molecule has 0 aliphatic carbocycles. The van der Waals surface area contributed by atoms with Crippen LogP contribution in [-0.2, 0) is 11.2 Å². The normalized spacial score (nSPS) is 17.7. The molecule has 1 N–H and O–H groups in total. The molecule has 0 fully saturated rings. The van der Waals surface area contributed by atoms with Crippen LogP contribution < -0.4 is 4.90 Å². The molecule has 3 heteroatoms. The smallest absolute Gasteiger partial charge is 0.277 e. The van der Waals surface area contributed by atoms with E-state index in [1.54, 1.807) is 0 Å². The summed E-state index contributed by atoms with van der Waals surface area (Å²) in [7, 11) is 4.05. The molecule has 3 rings (SSSR count). The molecule has 3 nitrogen and oxygen atoms in total. The van der Waals surface area contributed by atoms with E-state index in [-0.39, 0.29) is 11.8 Å². The van der Waals surface area contributed by atoms with E-state index in [2.05, 4.69) is 48.5 Å². The largest absolute Gasteiger partial charge is 0.337 e. The number of benzene rings is 2. The third-order valence-corrected chi connectivity index (χ3v) is 4.54. The van der Waals surface area contributed by atoms with Gasteiger partial charge in [-0.1, -0.05) is 54.6 Å². The van der Waals surface area contributed by atoms with Crippen LogP contribution in [0.25, 0.3) is 0 Å². The Bertz CT molecular complexity index is 666. The number of likely N-dealkylation sites (N-methyl/N-ethyl adjacent to an activating group) is 1. The van der Waals surface area contributed by atoms with Gasteiger partial charge in [-0.05, 0) is 23.1 Å². The van der Waals surface area contributed by atoms with Crippen LogP contribution in [0.15, 0.2) is 54.6 Å². The molecule has 0 bridgehead atoms. The summed E-state index contributed by atoms with van der Waals surface area (Å²) in [5.41, 5.74) is 4.02. The Morgan fingerprint density at radius 1 is 1.09 bits per heavy atom. The van der Waals surface area contributed by atoms with E-state index in [0.717, 1.165) is 19.5 Å². The fourth-order valence-electron chi connectivity index (χ4n) is 3.38. The van der Waals surface area contributed by atoms with Gasteiger partial charge in [0.05, 0.1) is 14.1 Å². The SMILES string of the molecule is C[NH+](C)CC(=O)N1CCc2ccccc2[C@H](c2ccccc2)C1. The van der Waals surface area contributed by atoms with Crippen molar-refractivity contribution in [3.05, 3.63) is 71.3 Å². The van der Waals surface area contributed by atoms with E-state index in [0.29, 0.717) is 6.54 Å². The fraction of sp³-hybridized carbons (Fsp3) is 0.350. The molecule has 1 atom stereocenters. The lowest BCUT2D eigenvalue weighted by molar-refractivity contribution is -0.849. The Morgan fingerprint density at radius 3 is 2.52 bits per heavy atom. The number of hydrogen-bond donors (Lipinski definition) is 1. The third-order valence-electron chi connectivity index (χ3n) is 4.54. The Hall–Kier alpha value is -2.13. The van der Waals surface area contributed by atoms with Gasteiger partial charge in [-0.25, -0.2) is 0 Å². The first-order chi connectivity index (χ1) is 11.1. The highest BCUT2D eigenvalue weighted by molar-refractivity contribution is 5.77. The summed E-state index contributed by atoms with van der Waals surface area (Å²) < 4.78 is 0. The first kappa shape index (κ1) is 15.8. The second-order valence-electron chi connectivity index (χ2n) is 6.64. The molecule has 0 aromatic heterocycles. The number of carbonyl (C=O) groups excluding carboxylic acids is 1. The molecule has 23 heavy (non-hydrogen) atoms. The topological polar surface area (TPSA) is 24.8 Å². The lowest BCUT2D eigenvalue weighted by Crippen LogP contribution is -3.07. The van der Waals surface area contributed by atoms with Gasteiger partial charge in [0.25, 0.3) is 5.91 Å². The molecule has 2 aromatic rings. The molecule has 0 radical (unpaired) electrons. The van der Waals surface area contributed by atoms with Crippen LogP contribution >= 0.6 is 0 Å². The van der Waals surface area contributed by atoms with E-state index in [9.17, 15) is 4.79 Å². The average molecular weight is 309 g/mol. The van der Waals surface area contributed by atoms with Crippen molar-refractivity contribution in [2.24, 2.45) is 0 Å². The van der Waals surface area contributed by atoms with Crippen LogP contribution in [0.5, 0.6) is 0 Å². The standard InChI is InChI=1S/C20H24N2O/c1-21(2)15-20(23)22-13-12-17-10-6-7-11-18(17)19(14-22)16-8-4-3-5-9-16/h3-11,19H,12-15H2,1-2H3/p+1/t19-/m0/s1. The quantitative estimate of drug-likeness (QED) is 0.909. The van der Waals surface area contributed by atoms with Crippen molar-refractivity contribution in [2.45, 2.75) is 12.3 Å². The molecular formula is C20H25N2O+. The van der Waals surface area contributed by atoms with Crippen molar-refractivity contribution >= 4 is 5.91 Å². The van der Waals surface area contributed by atoms with Crippen molar-refractivity contribution in [2.75, 3.05) is 33.7 Å². The number of fused-ring (bicyclic) bond motifs is 1. The number of quaternary nitrogens is 1. The number of rotatable bonds is 3. The van der Waals surface area contributed by atoms with Gasteiger partial charge in [-0.15, -0.1) is 0 Å². The zero-order valence-corrected chi connectivity index (χ0v) is 14.0. The second kappa shape index (κ2) is 6.97. The molecule has 0 unspecified atom stereocenters. The van der Waals surface area contributed by atoms with Crippen LogP contribution in [0.2, 0.25) is 0 Å². The van der Waals surface area contributed by atoms with Crippen molar-refractivity contribution in [3.8, 4) is 0 Å². The molecule has 1 aliphatic heterocycles. The van der Waals surface area contributed by atoms with Crippen molar-refractivity contribution < 1.29 is 9.69 Å². The second-order valence-corrected chi connectivity index (χ2v) is 6.64. The highest BCUT2D eigenvalue weighted by Gasteiger charge is 2.27. The molecule has 120 valence electrons. The fourth-order valence-corrected chi connectivity index (χ4v) is 3.38. The first-order valence-corrected chi connectivity index (χ1v) is 8.34. The van der Waals surface area contributed by atoms with Crippen LogP contribution in [0, 0.1) is 0 Å². The maximum atomic E-state index is 12.6. The highest BCUT2D eigenvalue weighted by atomic mass is 16.2. The summed E-state index contributed by atoms with van der Waals surface area (Å²) in [5, 5.41) is 0. The monoisotopic (exact) mass is 309 g/mol.